The predicted molar refractivity (Wildman–Crippen MR) is 136 cm³/mol. The second kappa shape index (κ2) is 7.32. The number of ketones is 2. The Morgan fingerprint density at radius 1 is 0.886 bits per heavy atom. The molecule has 4 nitrogen and oxygen atoms in total. The molecule has 0 saturated heterocycles. The van der Waals surface area contributed by atoms with Gasteiger partial charge in [0.2, 0.25) is 0 Å². The Morgan fingerprint density at radius 2 is 1.54 bits per heavy atom. The van der Waals surface area contributed by atoms with Crippen molar-refractivity contribution in [2.45, 2.75) is 106 Å². The molecule has 0 bridgehead atoms. The van der Waals surface area contributed by atoms with E-state index in [2.05, 4.69) is 54.5 Å². The quantitative estimate of drug-likeness (QED) is 0.308. The van der Waals surface area contributed by atoms with Crippen LogP contribution in [-0.2, 0) is 19.1 Å². The van der Waals surface area contributed by atoms with Crippen LogP contribution in [0.15, 0.2) is 11.6 Å². The molecule has 0 aliphatic heterocycles. The number of hydrogen-bond donors (Lipinski definition) is 0. The Morgan fingerprint density at radius 3 is 2.20 bits per heavy atom. The van der Waals surface area contributed by atoms with Crippen molar-refractivity contribution in [3.05, 3.63) is 11.6 Å². The van der Waals surface area contributed by atoms with Crippen molar-refractivity contribution in [2.75, 3.05) is 7.11 Å². The van der Waals surface area contributed by atoms with Gasteiger partial charge in [-0.05, 0) is 79.4 Å². The van der Waals surface area contributed by atoms with Crippen LogP contribution in [0.3, 0.4) is 0 Å². The summed E-state index contributed by atoms with van der Waals surface area (Å²) in [6, 6.07) is 0. The maximum absolute atomic E-state index is 14.1. The summed E-state index contributed by atoms with van der Waals surface area (Å²) in [4.78, 5) is 40.4. The fourth-order valence-corrected chi connectivity index (χ4v) is 10.4. The van der Waals surface area contributed by atoms with Gasteiger partial charge < -0.3 is 4.74 Å². The molecule has 35 heavy (non-hydrogen) atoms. The highest BCUT2D eigenvalue weighted by atomic mass is 16.5. The molecule has 0 aromatic heterocycles. The summed E-state index contributed by atoms with van der Waals surface area (Å²) in [5.41, 5.74) is -0.132. The lowest BCUT2D eigenvalue weighted by atomic mass is 9.33. The summed E-state index contributed by atoms with van der Waals surface area (Å²) < 4.78 is 5.38. The minimum absolute atomic E-state index is 0.0446. The second-order valence-corrected chi connectivity index (χ2v) is 14.8. The third-order valence-corrected chi connectivity index (χ3v) is 12.9. The van der Waals surface area contributed by atoms with E-state index in [4.69, 9.17) is 4.74 Å². The first-order chi connectivity index (χ1) is 16.1. The number of fused-ring (bicyclic) bond motifs is 7. The SMILES string of the molecule is COC(=O)[C@@]12CCC(C)(C)C(=O)[C@@H]1C1=CC[C@@H]3[C@@]4(C)CCC(=O)C(C)(C)[C@@H]4CC[C@]3(C)[C@]1(C)CC2. The summed E-state index contributed by atoms with van der Waals surface area (Å²) in [6.45, 7) is 15.8. The average Bonchev–Trinajstić information content (AvgIpc) is 2.79. The van der Waals surface area contributed by atoms with E-state index in [1.54, 1.807) is 0 Å². The first-order valence-corrected chi connectivity index (χ1v) is 14.0. The maximum Gasteiger partial charge on any atom is 0.312 e. The van der Waals surface area contributed by atoms with E-state index in [0.29, 0.717) is 24.0 Å². The summed E-state index contributed by atoms with van der Waals surface area (Å²) in [5.74, 6) is 0.984. The van der Waals surface area contributed by atoms with Crippen molar-refractivity contribution in [2.24, 2.45) is 50.2 Å². The molecule has 0 aromatic rings. The summed E-state index contributed by atoms with van der Waals surface area (Å²) in [6.07, 6.45) is 10.3. The average molecular weight is 483 g/mol. The number of allylic oxidation sites excluding steroid dienone is 2. The van der Waals surface area contributed by atoms with Crippen LogP contribution in [0, 0.1) is 50.2 Å². The molecular weight excluding hydrogens is 436 g/mol. The molecule has 194 valence electrons. The number of carbonyl (C=O) groups is 3. The van der Waals surface area contributed by atoms with Gasteiger partial charge in [0.15, 0.2) is 0 Å². The summed E-state index contributed by atoms with van der Waals surface area (Å²) in [5, 5.41) is 0. The fraction of sp³-hybridized carbons (Fsp3) is 0.839. The zero-order chi connectivity index (χ0) is 25.8. The molecule has 4 heteroatoms. The molecule has 5 aliphatic rings. The highest BCUT2D eigenvalue weighted by Gasteiger charge is 2.70. The normalized spacial score (nSPS) is 48.0. The molecule has 0 unspecified atom stereocenters. The van der Waals surface area contributed by atoms with Crippen molar-refractivity contribution in [3.63, 3.8) is 0 Å². The minimum atomic E-state index is -0.712. The van der Waals surface area contributed by atoms with Crippen LogP contribution in [0.2, 0.25) is 0 Å². The topological polar surface area (TPSA) is 60.4 Å². The number of esters is 1. The van der Waals surface area contributed by atoms with Crippen LogP contribution in [-0.4, -0.2) is 24.6 Å². The summed E-state index contributed by atoms with van der Waals surface area (Å²) >= 11 is 0. The Kier molecular flexibility index (Phi) is 5.27. The maximum atomic E-state index is 14.1. The molecule has 0 N–H and O–H groups in total. The van der Waals surface area contributed by atoms with E-state index >= 15 is 0 Å². The van der Waals surface area contributed by atoms with Gasteiger partial charge in [-0.25, -0.2) is 0 Å². The zero-order valence-corrected chi connectivity index (χ0v) is 23.3. The Bertz CT molecular complexity index is 1020. The van der Waals surface area contributed by atoms with E-state index in [-0.39, 0.29) is 39.3 Å². The van der Waals surface area contributed by atoms with Gasteiger partial charge in [-0.2, -0.15) is 0 Å². The van der Waals surface area contributed by atoms with Crippen molar-refractivity contribution < 1.29 is 19.1 Å². The number of Topliss-reactive ketones (excluding diaryl/α,β-unsaturated/α-hetero) is 2. The van der Waals surface area contributed by atoms with Gasteiger partial charge in [-0.15, -0.1) is 0 Å². The van der Waals surface area contributed by atoms with Crippen molar-refractivity contribution in [1.29, 1.82) is 0 Å². The van der Waals surface area contributed by atoms with Crippen LogP contribution >= 0.6 is 0 Å². The lowest BCUT2D eigenvalue weighted by Crippen LogP contribution is -2.65. The smallest absolute Gasteiger partial charge is 0.312 e. The van der Waals surface area contributed by atoms with Crippen LogP contribution in [0.1, 0.15) is 106 Å². The van der Waals surface area contributed by atoms with Crippen LogP contribution < -0.4 is 0 Å². The third-order valence-electron chi connectivity index (χ3n) is 12.9. The molecular formula is C31H46O4. The molecule has 5 aliphatic carbocycles. The number of hydrogen-bond acceptors (Lipinski definition) is 4. The molecule has 7 atom stereocenters. The van der Waals surface area contributed by atoms with E-state index in [1.807, 2.05) is 0 Å². The number of rotatable bonds is 1. The molecule has 0 heterocycles. The molecule has 0 spiro atoms. The molecule has 0 radical (unpaired) electrons. The number of ether oxygens (including phenoxy) is 1. The van der Waals surface area contributed by atoms with Gasteiger partial charge in [0.05, 0.1) is 18.4 Å². The van der Waals surface area contributed by atoms with Crippen LogP contribution in [0.5, 0.6) is 0 Å². The van der Waals surface area contributed by atoms with Gasteiger partial charge in [0.1, 0.15) is 11.6 Å². The fourth-order valence-electron chi connectivity index (χ4n) is 10.4. The molecule has 4 fully saturated rings. The van der Waals surface area contributed by atoms with Crippen molar-refractivity contribution in [1.82, 2.24) is 0 Å². The first-order valence-electron chi connectivity index (χ1n) is 14.0. The molecule has 0 aromatic carbocycles. The lowest BCUT2D eigenvalue weighted by molar-refractivity contribution is -0.191. The number of carbonyl (C=O) groups excluding carboxylic acids is 3. The highest BCUT2D eigenvalue weighted by Crippen LogP contribution is 2.75. The third kappa shape index (κ3) is 2.89. The predicted octanol–water partition coefficient (Wildman–Crippen LogP) is 6.71. The van der Waals surface area contributed by atoms with E-state index < -0.39 is 10.8 Å². The Labute approximate surface area is 212 Å². The Balaban J connectivity index is 1.64. The van der Waals surface area contributed by atoms with Crippen molar-refractivity contribution >= 4 is 17.5 Å². The van der Waals surface area contributed by atoms with Gasteiger partial charge >= 0.3 is 5.97 Å². The van der Waals surface area contributed by atoms with E-state index in [9.17, 15) is 14.4 Å². The highest BCUT2D eigenvalue weighted by molar-refractivity contribution is 5.96. The van der Waals surface area contributed by atoms with Crippen molar-refractivity contribution in [3.8, 4) is 0 Å². The first kappa shape index (κ1) is 25.2. The molecule has 4 saturated carbocycles. The largest absolute Gasteiger partial charge is 0.469 e. The zero-order valence-electron chi connectivity index (χ0n) is 23.3. The molecule has 5 rings (SSSR count). The van der Waals surface area contributed by atoms with Gasteiger partial charge in [0.25, 0.3) is 0 Å². The van der Waals surface area contributed by atoms with Crippen LogP contribution in [0.4, 0.5) is 0 Å². The minimum Gasteiger partial charge on any atom is -0.469 e. The van der Waals surface area contributed by atoms with E-state index in [0.717, 1.165) is 51.4 Å². The standard InChI is InChI=1S/C31H46O4/c1-26(2)15-17-31(25(34)35-8)18-16-29(6)19(23(31)24(26)33)9-10-21-28(5)13-12-22(32)27(3,4)20(28)11-14-30(21,29)7/h9,20-21,23H,10-18H2,1-8H3/t20-,21+,23-,28-,29+,30-,31+/m0/s1. The van der Waals surface area contributed by atoms with Gasteiger partial charge in [-0.1, -0.05) is 60.1 Å². The molecule has 0 amide bonds. The van der Waals surface area contributed by atoms with Gasteiger partial charge in [0, 0.05) is 17.3 Å². The monoisotopic (exact) mass is 482 g/mol. The Hall–Kier alpha value is -1.45. The lowest BCUT2D eigenvalue weighted by Gasteiger charge is -2.70. The van der Waals surface area contributed by atoms with Crippen LogP contribution in [0.25, 0.3) is 0 Å². The second-order valence-electron chi connectivity index (χ2n) is 14.8. The number of methoxy groups -OCH3 is 1. The van der Waals surface area contributed by atoms with E-state index in [1.165, 1.54) is 12.7 Å². The van der Waals surface area contributed by atoms with Gasteiger partial charge in [-0.3, -0.25) is 14.4 Å². The summed E-state index contributed by atoms with van der Waals surface area (Å²) in [7, 11) is 1.48.